The number of hydrogen-bond donors (Lipinski definition) is 1. The summed E-state index contributed by atoms with van der Waals surface area (Å²) in [6, 6.07) is 4.95. The molecule has 0 radical (unpaired) electrons. The van der Waals surface area contributed by atoms with E-state index in [1.54, 1.807) is 18.6 Å². The first kappa shape index (κ1) is 12.7. The summed E-state index contributed by atoms with van der Waals surface area (Å²) in [6.07, 6.45) is 0. The molecule has 96 valence electrons. The predicted octanol–water partition coefficient (Wildman–Crippen LogP) is 1.83. The lowest BCUT2D eigenvalue weighted by molar-refractivity contribution is -0.120. The molecule has 0 aliphatic heterocycles. The largest absolute Gasteiger partial charge is 0.497 e. The molecule has 1 aromatic heterocycles. The van der Waals surface area contributed by atoms with Gasteiger partial charge in [-0.25, -0.2) is 4.98 Å². The van der Waals surface area contributed by atoms with Crippen LogP contribution >= 0.6 is 11.6 Å². The van der Waals surface area contributed by atoms with Crippen LogP contribution in [0.4, 0.5) is 0 Å². The summed E-state index contributed by atoms with van der Waals surface area (Å²) < 4.78 is 6.91. The number of ether oxygens (including phenoxy) is 1. The van der Waals surface area contributed by atoms with Gasteiger partial charge in [-0.2, -0.15) is 0 Å². The Morgan fingerprint density at radius 2 is 2.33 bits per heavy atom. The normalized spacial score (nSPS) is 12.6. The topological polar surface area (TPSA) is 70.1 Å². The monoisotopic (exact) mass is 267 g/mol. The van der Waals surface area contributed by atoms with E-state index >= 15 is 0 Å². The first-order valence-electron chi connectivity index (χ1n) is 5.48. The fourth-order valence-electron chi connectivity index (χ4n) is 1.90. The van der Waals surface area contributed by atoms with E-state index in [1.165, 1.54) is 0 Å². The smallest absolute Gasteiger partial charge is 0.240 e. The number of carbonyl (C=O) groups is 1. The van der Waals surface area contributed by atoms with Crippen molar-refractivity contribution >= 4 is 28.5 Å². The van der Waals surface area contributed by atoms with Gasteiger partial charge in [-0.15, -0.1) is 11.6 Å². The summed E-state index contributed by atoms with van der Waals surface area (Å²) in [5.74, 6) is 1.10. The molecule has 0 saturated carbocycles. The summed E-state index contributed by atoms with van der Waals surface area (Å²) >= 11 is 5.86. The highest BCUT2D eigenvalue weighted by molar-refractivity contribution is 6.17. The highest BCUT2D eigenvalue weighted by Crippen LogP contribution is 2.25. The third-order valence-electron chi connectivity index (χ3n) is 2.89. The fraction of sp³-hybridized carbons (Fsp3) is 0.333. The van der Waals surface area contributed by atoms with Crippen molar-refractivity contribution in [2.24, 2.45) is 5.73 Å². The van der Waals surface area contributed by atoms with Gasteiger partial charge in [-0.1, -0.05) is 0 Å². The maximum Gasteiger partial charge on any atom is 0.240 e. The summed E-state index contributed by atoms with van der Waals surface area (Å²) in [4.78, 5) is 15.7. The van der Waals surface area contributed by atoms with E-state index in [2.05, 4.69) is 4.98 Å². The van der Waals surface area contributed by atoms with Crippen LogP contribution in [0.2, 0.25) is 0 Å². The molecule has 6 heteroatoms. The van der Waals surface area contributed by atoms with Crippen LogP contribution in [0.3, 0.4) is 0 Å². The minimum absolute atomic E-state index is 0.217. The van der Waals surface area contributed by atoms with E-state index in [4.69, 9.17) is 22.1 Å². The van der Waals surface area contributed by atoms with Crippen LogP contribution in [0.15, 0.2) is 18.2 Å². The predicted molar refractivity (Wildman–Crippen MR) is 69.7 cm³/mol. The molecule has 5 nitrogen and oxygen atoms in total. The summed E-state index contributed by atoms with van der Waals surface area (Å²) in [5, 5.41) is 0. The minimum atomic E-state index is -0.504. The van der Waals surface area contributed by atoms with E-state index in [9.17, 15) is 4.79 Å². The molecule has 0 spiro atoms. The second kappa shape index (κ2) is 4.86. The third kappa shape index (κ3) is 2.01. The average Bonchev–Trinajstić information content (AvgIpc) is 2.74. The zero-order valence-electron chi connectivity index (χ0n) is 10.2. The number of nitrogens with zero attached hydrogens (tertiary/aromatic N) is 2. The van der Waals surface area contributed by atoms with Gasteiger partial charge >= 0.3 is 0 Å². The molecule has 1 unspecified atom stereocenters. The Kier molecular flexibility index (Phi) is 3.43. The average molecular weight is 268 g/mol. The molecule has 2 N–H and O–H groups in total. The summed E-state index contributed by atoms with van der Waals surface area (Å²) in [5.41, 5.74) is 6.90. The Hall–Kier alpha value is -1.75. The number of carbonyl (C=O) groups excluding carboxylic acids is 1. The van der Waals surface area contributed by atoms with E-state index in [0.717, 1.165) is 11.0 Å². The van der Waals surface area contributed by atoms with Crippen LogP contribution in [0.5, 0.6) is 5.75 Å². The third-order valence-corrected chi connectivity index (χ3v) is 3.13. The van der Waals surface area contributed by atoms with Gasteiger partial charge in [0.05, 0.1) is 24.0 Å². The quantitative estimate of drug-likeness (QED) is 0.859. The van der Waals surface area contributed by atoms with Crippen molar-refractivity contribution in [1.82, 2.24) is 9.55 Å². The lowest BCUT2D eigenvalue weighted by Gasteiger charge is -2.13. The number of halogens is 1. The molecule has 0 bridgehead atoms. The zero-order valence-corrected chi connectivity index (χ0v) is 10.9. The number of hydrogen-bond acceptors (Lipinski definition) is 3. The highest BCUT2D eigenvalue weighted by Gasteiger charge is 2.19. The molecule has 18 heavy (non-hydrogen) atoms. The number of rotatable bonds is 4. The Bertz CT molecular complexity index is 594. The second-order valence-electron chi connectivity index (χ2n) is 3.96. The number of alkyl halides is 1. The first-order valence-corrected chi connectivity index (χ1v) is 6.02. The van der Waals surface area contributed by atoms with E-state index in [0.29, 0.717) is 11.6 Å². The van der Waals surface area contributed by atoms with Gasteiger partial charge in [0.2, 0.25) is 5.91 Å². The maximum atomic E-state index is 11.4. The molecule has 2 aromatic rings. The Balaban J connectivity index is 2.69. The number of benzene rings is 1. The van der Waals surface area contributed by atoms with E-state index < -0.39 is 11.9 Å². The van der Waals surface area contributed by atoms with Gasteiger partial charge in [-0.05, 0) is 19.1 Å². The molecular weight excluding hydrogens is 254 g/mol. The van der Waals surface area contributed by atoms with Gasteiger partial charge < -0.3 is 15.0 Å². The Labute approximate surface area is 109 Å². The number of fused-ring (bicyclic) bond motifs is 1. The van der Waals surface area contributed by atoms with Gasteiger partial charge in [0.15, 0.2) is 0 Å². The summed E-state index contributed by atoms with van der Waals surface area (Å²) in [6.45, 7) is 1.72. The summed E-state index contributed by atoms with van der Waals surface area (Å²) in [7, 11) is 1.59. The molecular formula is C12H14ClN3O2. The SMILES string of the molecule is COc1ccc2nc(CCl)n(C(C)C(N)=O)c2c1. The molecule has 0 aliphatic carbocycles. The molecule has 1 amide bonds. The molecule has 2 rings (SSSR count). The van der Waals surface area contributed by atoms with Crippen LogP contribution in [-0.4, -0.2) is 22.6 Å². The second-order valence-corrected chi connectivity index (χ2v) is 4.23. The van der Waals surface area contributed by atoms with Crippen LogP contribution in [0, 0.1) is 0 Å². The first-order chi connectivity index (χ1) is 8.58. The lowest BCUT2D eigenvalue weighted by atomic mass is 10.2. The van der Waals surface area contributed by atoms with E-state index in [-0.39, 0.29) is 5.88 Å². The highest BCUT2D eigenvalue weighted by atomic mass is 35.5. The van der Waals surface area contributed by atoms with Gasteiger partial charge in [0, 0.05) is 6.07 Å². The van der Waals surface area contributed by atoms with Crippen LogP contribution in [0.25, 0.3) is 11.0 Å². The number of primary amides is 1. The molecule has 0 fully saturated rings. The van der Waals surface area contributed by atoms with Crippen molar-refractivity contribution in [3.05, 3.63) is 24.0 Å². The number of amides is 1. The zero-order chi connectivity index (χ0) is 13.3. The standard InChI is InChI=1S/C12H14ClN3O2/c1-7(12(14)17)16-10-5-8(18-2)3-4-9(10)15-11(16)6-13/h3-5,7H,6H2,1-2H3,(H2,14,17). The number of nitrogens with two attached hydrogens (primary N) is 1. The van der Waals surface area contributed by atoms with Crippen molar-refractivity contribution in [2.75, 3.05) is 7.11 Å². The van der Waals surface area contributed by atoms with Crippen molar-refractivity contribution in [1.29, 1.82) is 0 Å². The Morgan fingerprint density at radius 3 is 2.89 bits per heavy atom. The van der Waals surface area contributed by atoms with Crippen molar-refractivity contribution in [2.45, 2.75) is 18.8 Å². The van der Waals surface area contributed by atoms with E-state index in [1.807, 2.05) is 18.2 Å². The van der Waals surface area contributed by atoms with Gasteiger partial charge in [-0.3, -0.25) is 4.79 Å². The van der Waals surface area contributed by atoms with Gasteiger partial charge in [0.1, 0.15) is 17.6 Å². The Morgan fingerprint density at radius 1 is 1.61 bits per heavy atom. The molecule has 0 aliphatic rings. The van der Waals surface area contributed by atoms with Crippen LogP contribution in [-0.2, 0) is 10.7 Å². The number of aromatic nitrogens is 2. The van der Waals surface area contributed by atoms with Crippen molar-refractivity contribution < 1.29 is 9.53 Å². The lowest BCUT2D eigenvalue weighted by Crippen LogP contribution is -2.25. The molecule has 1 atom stereocenters. The van der Waals surface area contributed by atoms with Crippen molar-refractivity contribution in [3.8, 4) is 5.75 Å². The maximum absolute atomic E-state index is 11.4. The van der Waals surface area contributed by atoms with Crippen LogP contribution < -0.4 is 10.5 Å². The minimum Gasteiger partial charge on any atom is -0.497 e. The number of methoxy groups -OCH3 is 1. The molecule has 1 aromatic carbocycles. The molecule has 0 saturated heterocycles. The van der Waals surface area contributed by atoms with Gasteiger partial charge in [0.25, 0.3) is 0 Å². The van der Waals surface area contributed by atoms with Crippen molar-refractivity contribution in [3.63, 3.8) is 0 Å². The number of imidazole rings is 1. The molecule has 1 heterocycles. The van der Waals surface area contributed by atoms with Crippen LogP contribution in [0.1, 0.15) is 18.8 Å². The fourth-order valence-corrected chi connectivity index (χ4v) is 2.09.